The van der Waals surface area contributed by atoms with Gasteiger partial charge in [-0.05, 0) is 55.6 Å². The molecule has 182 valence electrons. The minimum atomic E-state index is -0.314. The van der Waals surface area contributed by atoms with Crippen molar-refractivity contribution in [2.24, 2.45) is 0 Å². The quantitative estimate of drug-likeness (QED) is 0.496. The van der Waals surface area contributed by atoms with Crippen LogP contribution in [0.4, 0.5) is 11.4 Å². The van der Waals surface area contributed by atoms with E-state index in [1.54, 1.807) is 12.1 Å². The summed E-state index contributed by atoms with van der Waals surface area (Å²) < 4.78 is 0. The van der Waals surface area contributed by atoms with Gasteiger partial charge >= 0.3 is 0 Å². The van der Waals surface area contributed by atoms with Crippen LogP contribution in [0.2, 0.25) is 0 Å². The van der Waals surface area contributed by atoms with Crippen LogP contribution in [0.15, 0.2) is 72.9 Å². The van der Waals surface area contributed by atoms with Crippen molar-refractivity contribution in [3.05, 3.63) is 89.7 Å². The number of nitrogens with one attached hydrogen (secondary N) is 2. The lowest BCUT2D eigenvalue weighted by molar-refractivity contribution is 0.0938. The molecule has 1 atom stereocenters. The summed E-state index contributed by atoms with van der Waals surface area (Å²) in [5.41, 5.74) is 3.66. The minimum Gasteiger partial charge on any atom is -0.376 e. The van der Waals surface area contributed by atoms with Crippen LogP contribution in [0.5, 0.6) is 0 Å². The first-order chi connectivity index (χ1) is 17.0. The van der Waals surface area contributed by atoms with Crippen LogP contribution in [0.25, 0.3) is 0 Å². The van der Waals surface area contributed by atoms with Crippen molar-refractivity contribution in [1.82, 2.24) is 15.2 Å². The van der Waals surface area contributed by atoms with Gasteiger partial charge in [0.1, 0.15) is 5.69 Å². The topological polar surface area (TPSA) is 77.6 Å². The molecular weight excluding hydrogens is 438 g/mol. The Hall–Kier alpha value is -3.71. The zero-order chi connectivity index (χ0) is 24.6. The molecule has 7 nitrogen and oxygen atoms in total. The third-order valence-corrected chi connectivity index (χ3v) is 6.42. The SMILES string of the molecule is CN(C)c1ccccc1NC(=O)c1ccc(C(=O)NCC2CCCN2CCc2ccccc2)cn1. The molecule has 3 aromatic rings. The molecule has 7 heteroatoms. The minimum absolute atomic E-state index is 0.169. The highest BCUT2D eigenvalue weighted by molar-refractivity contribution is 6.05. The fourth-order valence-electron chi connectivity index (χ4n) is 4.47. The highest BCUT2D eigenvalue weighted by Crippen LogP contribution is 2.24. The van der Waals surface area contributed by atoms with E-state index in [1.807, 2.05) is 49.3 Å². The van der Waals surface area contributed by atoms with Crippen LogP contribution in [-0.4, -0.2) is 61.5 Å². The van der Waals surface area contributed by atoms with Crippen molar-refractivity contribution in [3.8, 4) is 0 Å². The second-order valence-corrected chi connectivity index (χ2v) is 9.08. The van der Waals surface area contributed by atoms with Crippen LogP contribution in [-0.2, 0) is 6.42 Å². The average molecular weight is 472 g/mol. The number of aromatic nitrogens is 1. The van der Waals surface area contributed by atoms with Gasteiger partial charge in [-0.3, -0.25) is 19.5 Å². The summed E-state index contributed by atoms with van der Waals surface area (Å²) in [6.07, 6.45) is 4.71. The number of pyridine rings is 1. The zero-order valence-corrected chi connectivity index (χ0v) is 20.4. The van der Waals surface area contributed by atoms with E-state index in [0.29, 0.717) is 23.8 Å². The number of likely N-dealkylation sites (tertiary alicyclic amines) is 1. The molecule has 2 aromatic carbocycles. The van der Waals surface area contributed by atoms with E-state index < -0.39 is 0 Å². The molecule has 1 aromatic heterocycles. The molecule has 4 rings (SSSR count). The number of carbonyl (C=O) groups excluding carboxylic acids is 2. The zero-order valence-electron chi connectivity index (χ0n) is 20.4. The Kier molecular flexibility index (Phi) is 8.11. The van der Waals surface area contributed by atoms with E-state index in [9.17, 15) is 9.59 Å². The van der Waals surface area contributed by atoms with Gasteiger partial charge in [-0.15, -0.1) is 0 Å². The predicted molar refractivity (Wildman–Crippen MR) is 140 cm³/mol. The van der Waals surface area contributed by atoms with Gasteiger partial charge in [-0.25, -0.2) is 0 Å². The Morgan fingerprint density at radius 2 is 1.77 bits per heavy atom. The maximum atomic E-state index is 12.7. The number of hydrogen-bond acceptors (Lipinski definition) is 5. The number of para-hydroxylation sites is 2. The number of benzene rings is 2. The molecule has 1 fully saturated rings. The molecule has 1 unspecified atom stereocenters. The predicted octanol–water partition coefficient (Wildman–Crippen LogP) is 3.84. The number of anilines is 2. The number of nitrogens with zero attached hydrogens (tertiary/aromatic N) is 3. The summed E-state index contributed by atoms with van der Waals surface area (Å²) in [7, 11) is 3.84. The molecule has 2 N–H and O–H groups in total. The van der Waals surface area contributed by atoms with Crippen molar-refractivity contribution in [3.63, 3.8) is 0 Å². The molecule has 0 saturated carbocycles. The Balaban J connectivity index is 1.29. The van der Waals surface area contributed by atoms with Gasteiger partial charge in [-0.2, -0.15) is 0 Å². The van der Waals surface area contributed by atoms with E-state index in [1.165, 1.54) is 11.8 Å². The van der Waals surface area contributed by atoms with E-state index in [2.05, 4.69) is 44.8 Å². The Morgan fingerprint density at radius 3 is 2.51 bits per heavy atom. The number of hydrogen-bond donors (Lipinski definition) is 2. The van der Waals surface area contributed by atoms with Gasteiger partial charge in [0.25, 0.3) is 11.8 Å². The van der Waals surface area contributed by atoms with Gasteiger partial charge in [0.2, 0.25) is 0 Å². The Morgan fingerprint density at radius 1 is 1.00 bits per heavy atom. The van der Waals surface area contributed by atoms with Gasteiger partial charge in [0, 0.05) is 39.4 Å². The molecule has 0 spiro atoms. The number of rotatable bonds is 9. The van der Waals surface area contributed by atoms with Crippen molar-refractivity contribution < 1.29 is 9.59 Å². The lowest BCUT2D eigenvalue weighted by atomic mass is 10.1. The largest absolute Gasteiger partial charge is 0.376 e. The molecule has 0 aliphatic carbocycles. The second-order valence-electron chi connectivity index (χ2n) is 9.08. The summed E-state index contributed by atoms with van der Waals surface area (Å²) in [6, 6.07) is 21.7. The van der Waals surface area contributed by atoms with Crippen molar-refractivity contribution in [2.75, 3.05) is 43.9 Å². The first-order valence-electron chi connectivity index (χ1n) is 12.1. The first kappa shape index (κ1) is 24.4. The standard InChI is InChI=1S/C28H33N5O2/c1-32(2)26-13-7-6-12-24(26)31-28(35)25-15-14-22(19-29-25)27(34)30-20-23-11-8-17-33(23)18-16-21-9-4-3-5-10-21/h3-7,9-10,12-15,19,23H,8,11,16-18,20H2,1-2H3,(H,30,34)(H,31,35). The fraction of sp³-hybridized carbons (Fsp3) is 0.321. The van der Waals surface area contributed by atoms with Crippen molar-refractivity contribution >= 4 is 23.2 Å². The highest BCUT2D eigenvalue weighted by atomic mass is 16.2. The second kappa shape index (κ2) is 11.6. The summed E-state index contributed by atoms with van der Waals surface area (Å²) in [4.78, 5) is 34.0. The number of amides is 2. The maximum absolute atomic E-state index is 12.7. The lowest BCUT2D eigenvalue weighted by Gasteiger charge is -2.24. The highest BCUT2D eigenvalue weighted by Gasteiger charge is 2.24. The van der Waals surface area contributed by atoms with Crippen molar-refractivity contribution in [2.45, 2.75) is 25.3 Å². The van der Waals surface area contributed by atoms with Crippen LogP contribution < -0.4 is 15.5 Å². The van der Waals surface area contributed by atoms with E-state index >= 15 is 0 Å². The molecule has 35 heavy (non-hydrogen) atoms. The summed E-state index contributed by atoms with van der Waals surface area (Å²) in [6.45, 7) is 2.67. The Bertz CT molecular complexity index is 1130. The van der Waals surface area contributed by atoms with E-state index in [4.69, 9.17) is 0 Å². The summed E-state index contributed by atoms with van der Waals surface area (Å²) in [5.74, 6) is -0.483. The lowest BCUT2D eigenvalue weighted by Crippen LogP contribution is -2.41. The normalized spacial score (nSPS) is 15.5. The molecular formula is C28H33N5O2. The molecule has 1 aliphatic heterocycles. The third kappa shape index (κ3) is 6.45. The fourth-order valence-corrected chi connectivity index (χ4v) is 4.47. The van der Waals surface area contributed by atoms with Gasteiger partial charge in [0.15, 0.2) is 0 Å². The molecule has 1 aliphatic rings. The molecule has 0 radical (unpaired) electrons. The summed E-state index contributed by atoms with van der Waals surface area (Å²) >= 11 is 0. The molecule has 0 bridgehead atoms. The first-order valence-corrected chi connectivity index (χ1v) is 12.1. The molecule has 2 heterocycles. The number of carbonyl (C=O) groups is 2. The van der Waals surface area contributed by atoms with Gasteiger partial charge in [0.05, 0.1) is 16.9 Å². The van der Waals surface area contributed by atoms with Crippen LogP contribution >= 0.6 is 0 Å². The van der Waals surface area contributed by atoms with Gasteiger partial charge < -0.3 is 15.5 Å². The summed E-state index contributed by atoms with van der Waals surface area (Å²) in [5, 5.41) is 5.95. The monoisotopic (exact) mass is 471 g/mol. The average Bonchev–Trinajstić information content (AvgIpc) is 3.34. The van der Waals surface area contributed by atoms with Gasteiger partial charge in [-0.1, -0.05) is 42.5 Å². The van der Waals surface area contributed by atoms with Crippen molar-refractivity contribution in [1.29, 1.82) is 0 Å². The molecule has 2 amide bonds. The third-order valence-electron chi connectivity index (χ3n) is 6.42. The van der Waals surface area contributed by atoms with Crippen LogP contribution in [0, 0.1) is 0 Å². The maximum Gasteiger partial charge on any atom is 0.274 e. The smallest absolute Gasteiger partial charge is 0.274 e. The van der Waals surface area contributed by atoms with Crippen LogP contribution in [0.1, 0.15) is 39.3 Å². The van der Waals surface area contributed by atoms with Crippen LogP contribution in [0.3, 0.4) is 0 Å². The Labute approximate surface area is 207 Å². The molecule has 1 saturated heterocycles. The van der Waals surface area contributed by atoms with E-state index in [0.717, 1.165) is 38.0 Å². The van der Waals surface area contributed by atoms with E-state index in [-0.39, 0.29) is 17.5 Å².